The molecule has 2 amide bonds. The highest BCUT2D eigenvalue weighted by Crippen LogP contribution is 2.42. The number of benzene rings is 3. The van der Waals surface area contributed by atoms with Gasteiger partial charge in [0.2, 0.25) is 6.79 Å². The van der Waals surface area contributed by atoms with E-state index in [-0.39, 0.29) is 36.1 Å². The van der Waals surface area contributed by atoms with E-state index >= 15 is 0 Å². The van der Waals surface area contributed by atoms with Gasteiger partial charge in [0.15, 0.2) is 46.1 Å². The number of hydrogen-bond donors (Lipinski definition) is 2. The first kappa shape index (κ1) is 38.1. The SMILES string of the molecule is CC(=O)C1=C(O)C(=O)N(CCc2ccccc2)C1c1cccnc1.COc1ccc(CCN2C(=O)C(O)=C(C(C)=O)C2c2ccc3c(c2)OCO3)cc1OC. The second-order valence-corrected chi connectivity index (χ2v) is 13.0. The Kier molecular flexibility index (Phi) is 11.5. The van der Waals surface area contributed by atoms with Gasteiger partial charge in [-0.05, 0) is 79.3 Å². The molecule has 0 saturated heterocycles. The molecular formula is C42H41N3O10. The van der Waals surface area contributed by atoms with Gasteiger partial charge in [0, 0.05) is 25.5 Å². The molecule has 4 aromatic rings. The summed E-state index contributed by atoms with van der Waals surface area (Å²) in [6.07, 6.45) is 4.38. The van der Waals surface area contributed by atoms with Crippen LogP contribution in [0.2, 0.25) is 0 Å². The first-order chi connectivity index (χ1) is 26.5. The summed E-state index contributed by atoms with van der Waals surface area (Å²) in [4.78, 5) is 56.7. The smallest absolute Gasteiger partial charge is 0.290 e. The van der Waals surface area contributed by atoms with Crippen molar-refractivity contribution in [1.82, 2.24) is 14.8 Å². The molecule has 2 atom stereocenters. The number of aliphatic hydroxyl groups is 2. The number of carbonyl (C=O) groups excluding carboxylic acids is 4. The van der Waals surface area contributed by atoms with Gasteiger partial charge in [0.1, 0.15) is 0 Å². The number of pyridine rings is 1. The van der Waals surface area contributed by atoms with Crippen molar-refractivity contribution in [2.24, 2.45) is 0 Å². The van der Waals surface area contributed by atoms with Crippen LogP contribution in [0.1, 0.15) is 48.2 Å². The summed E-state index contributed by atoms with van der Waals surface area (Å²) in [5.74, 6) is -0.378. The van der Waals surface area contributed by atoms with E-state index in [0.29, 0.717) is 53.5 Å². The van der Waals surface area contributed by atoms with Crippen LogP contribution in [0.3, 0.4) is 0 Å². The lowest BCUT2D eigenvalue weighted by Gasteiger charge is -2.27. The Bertz CT molecular complexity index is 2170. The van der Waals surface area contributed by atoms with Crippen molar-refractivity contribution in [3.8, 4) is 23.0 Å². The van der Waals surface area contributed by atoms with Gasteiger partial charge in [-0.1, -0.05) is 48.5 Å². The van der Waals surface area contributed by atoms with E-state index in [1.165, 1.54) is 23.6 Å². The molecule has 3 aromatic carbocycles. The summed E-state index contributed by atoms with van der Waals surface area (Å²) in [5, 5.41) is 20.6. The van der Waals surface area contributed by atoms with E-state index in [1.807, 2.05) is 48.5 Å². The number of aliphatic hydroxyl groups excluding tert-OH is 2. The summed E-state index contributed by atoms with van der Waals surface area (Å²) in [6.45, 7) is 3.52. The van der Waals surface area contributed by atoms with Gasteiger partial charge in [-0.3, -0.25) is 24.2 Å². The minimum Gasteiger partial charge on any atom is -0.503 e. The van der Waals surface area contributed by atoms with Gasteiger partial charge >= 0.3 is 0 Å². The van der Waals surface area contributed by atoms with Crippen molar-refractivity contribution in [2.45, 2.75) is 38.8 Å². The van der Waals surface area contributed by atoms with Crippen LogP contribution in [-0.2, 0) is 32.0 Å². The van der Waals surface area contributed by atoms with Crippen molar-refractivity contribution in [3.05, 3.63) is 136 Å². The van der Waals surface area contributed by atoms with E-state index < -0.39 is 35.4 Å². The highest BCUT2D eigenvalue weighted by atomic mass is 16.7. The van der Waals surface area contributed by atoms with Crippen LogP contribution in [0.25, 0.3) is 0 Å². The summed E-state index contributed by atoms with van der Waals surface area (Å²) < 4.78 is 21.4. The zero-order chi connectivity index (χ0) is 39.2. The average molecular weight is 748 g/mol. The number of Topliss-reactive ketones (excluding diaryl/α,β-unsaturated/α-hetero) is 2. The Morgan fingerprint density at radius 1 is 0.709 bits per heavy atom. The third kappa shape index (κ3) is 7.86. The van der Waals surface area contributed by atoms with Crippen LogP contribution in [-0.4, -0.2) is 82.5 Å². The topological polar surface area (TPSA) is 165 Å². The molecule has 2 unspecified atom stereocenters. The second-order valence-electron chi connectivity index (χ2n) is 13.0. The maximum Gasteiger partial charge on any atom is 0.290 e. The zero-order valence-electron chi connectivity index (χ0n) is 30.9. The van der Waals surface area contributed by atoms with Crippen LogP contribution >= 0.6 is 0 Å². The number of rotatable bonds is 12. The third-order valence-electron chi connectivity index (χ3n) is 9.65. The molecule has 13 nitrogen and oxygen atoms in total. The van der Waals surface area contributed by atoms with E-state index in [2.05, 4.69) is 4.98 Å². The molecule has 55 heavy (non-hydrogen) atoms. The normalized spacial score (nSPS) is 17.4. The molecular weight excluding hydrogens is 706 g/mol. The van der Waals surface area contributed by atoms with Crippen LogP contribution < -0.4 is 18.9 Å². The van der Waals surface area contributed by atoms with Crippen molar-refractivity contribution in [2.75, 3.05) is 34.1 Å². The highest BCUT2D eigenvalue weighted by molar-refractivity contribution is 6.08. The summed E-state index contributed by atoms with van der Waals surface area (Å²) in [5.41, 5.74) is 3.61. The number of ketones is 2. The van der Waals surface area contributed by atoms with Crippen LogP contribution in [0, 0.1) is 0 Å². The second kappa shape index (κ2) is 16.6. The first-order valence-electron chi connectivity index (χ1n) is 17.6. The van der Waals surface area contributed by atoms with Crippen molar-refractivity contribution >= 4 is 23.4 Å². The van der Waals surface area contributed by atoms with Crippen LogP contribution in [0.4, 0.5) is 0 Å². The molecule has 0 radical (unpaired) electrons. The quantitative estimate of drug-likeness (QED) is 0.186. The summed E-state index contributed by atoms with van der Waals surface area (Å²) >= 11 is 0. The maximum absolute atomic E-state index is 12.8. The average Bonchev–Trinajstić information content (AvgIpc) is 3.85. The fourth-order valence-corrected chi connectivity index (χ4v) is 6.98. The Morgan fingerprint density at radius 2 is 1.31 bits per heavy atom. The maximum atomic E-state index is 12.8. The summed E-state index contributed by atoms with van der Waals surface area (Å²) in [7, 11) is 3.12. The van der Waals surface area contributed by atoms with Gasteiger partial charge < -0.3 is 39.0 Å². The molecule has 7 rings (SSSR count). The molecule has 1 aromatic heterocycles. The first-order valence-corrected chi connectivity index (χ1v) is 17.6. The molecule has 0 fully saturated rings. The molecule has 3 aliphatic heterocycles. The Balaban J connectivity index is 0.000000193. The number of fused-ring (bicyclic) bond motifs is 1. The Morgan fingerprint density at radius 3 is 1.89 bits per heavy atom. The lowest BCUT2D eigenvalue weighted by Crippen LogP contribution is -2.33. The highest BCUT2D eigenvalue weighted by Gasteiger charge is 2.43. The van der Waals surface area contributed by atoms with Gasteiger partial charge in [0.25, 0.3) is 11.8 Å². The van der Waals surface area contributed by atoms with Crippen LogP contribution in [0.5, 0.6) is 23.0 Å². The summed E-state index contributed by atoms with van der Waals surface area (Å²) in [6, 6.07) is 22.8. The Hall–Kier alpha value is -6.63. The minimum absolute atomic E-state index is 0.0798. The largest absolute Gasteiger partial charge is 0.503 e. The van der Waals surface area contributed by atoms with E-state index in [4.69, 9.17) is 18.9 Å². The number of amides is 2. The van der Waals surface area contributed by atoms with Crippen molar-refractivity contribution in [3.63, 3.8) is 0 Å². The number of hydrogen-bond acceptors (Lipinski definition) is 11. The van der Waals surface area contributed by atoms with E-state index in [1.54, 1.807) is 56.9 Å². The molecule has 0 bridgehead atoms. The molecule has 0 saturated carbocycles. The lowest BCUT2D eigenvalue weighted by atomic mass is 9.96. The minimum atomic E-state index is -0.709. The third-order valence-corrected chi connectivity index (χ3v) is 9.65. The van der Waals surface area contributed by atoms with Gasteiger partial charge in [-0.15, -0.1) is 0 Å². The van der Waals surface area contributed by atoms with E-state index in [0.717, 1.165) is 11.1 Å². The molecule has 2 N–H and O–H groups in total. The predicted octanol–water partition coefficient (Wildman–Crippen LogP) is 5.57. The van der Waals surface area contributed by atoms with Gasteiger partial charge in [-0.25, -0.2) is 0 Å². The number of methoxy groups -OCH3 is 2. The molecule has 13 heteroatoms. The number of carbonyl (C=O) groups is 4. The van der Waals surface area contributed by atoms with Crippen molar-refractivity contribution in [1.29, 1.82) is 0 Å². The molecule has 0 aliphatic carbocycles. The lowest BCUT2D eigenvalue weighted by molar-refractivity contribution is -0.130. The van der Waals surface area contributed by atoms with Gasteiger partial charge in [0.05, 0.1) is 37.4 Å². The van der Waals surface area contributed by atoms with E-state index in [9.17, 15) is 29.4 Å². The number of aromatic nitrogens is 1. The number of nitrogens with zero attached hydrogens (tertiary/aromatic N) is 3. The standard InChI is InChI=1S/C23H23NO7.C19H18N2O3/c1-13(25)20-21(15-5-7-17-19(11-15)31-12-30-17)24(23(27)22(20)26)9-8-14-4-6-16(28-2)18(10-14)29-3;1-13(22)16-17(15-8-5-10-20-12-15)21(19(24)18(16)23)11-9-14-6-3-2-4-7-14/h4-7,10-11,21,26H,8-9,12H2,1-3H3;2-8,10,12,17,23H,9,11H2,1H3. The molecule has 4 heterocycles. The van der Waals surface area contributed by atoms with Crippen molar-refractivity contribution < 1.29 is 48.3 Å². The zero-order valence-corrected chi connectivity index (χ0v) is 30.9. The number of ether oxygens (including phenoxy) is 4. The van der Waals surface area contributed by atoms with Crippen LogP contribution in [0.15, 0.2) is 114 Å². The molecule has 284 valence electrons. The fraction of sp³-hybridized carbons (Fsp3) is 0.262. The fourth-order valence-electron chi connectivity index (χ4n) is 6.98. The molecule has 3 aliphatic rings. The monoisotopic (exact) mass is 747 g/mol. The predicted molar refractivity (Wildman–Crippen MR) is 200 cm³/mol. The Labute approximate surface area is 318 Å². The molecule has 0 spiro atoms. The van der Waals surface area contributed by atoms with Gasteiger partial charge in [-0.2, -0.15) is 0 Å².